The van der Waals surface area contributed by atoms with Gasteiger partial charge in [0.2, 0.25) is 0 Å². The molecule has 0 bridgehead atoms. The van der Waals surface area contributed by atoms with Crippen LogP contribution in [0, 0.1) is 23.3 Å². The van der Waals surface area contributed by atoms with Crippen molar-refractivity contribution in [2.45, 2.75) is 45.1 Å². The molecule has 0 aliphatic rings. The van der Waals surface area contributed by atoms with E-state index in [2.05, 4.69) is 16.4 Å². The highest BCUT2D eigenvalue weighted by Crippen LogP contribution is 2.38. The number of alkyl halides is 5. The minimum absolute atomic E-state index is 0.0459. The van der Waals surface area contributed by atoms with E-state index in [1.807, 2.05) is 12.1 Å². The van der Waals surface area contributed by atoms with Crippen molar-refractivity contribution in [2.24, 2.45) is 0 Å². The van der Waals surface area contributed by atoms with Gasteiger partial charge in [-0.25, -0.2) is 17.6 Å². The summed E-state index contributed by atoms with van der Waals surface area (Å²) in [5.74, 6) is -7.02. The second-order valence-electron chi connectivity index (χ2n) is 11.0. The highest BCUT2D eigenvalue weighted by Gasteiger charge is 2.41. The Labute approximate surface area is 270 Å². The van der Waals surface area contributed by atoms with Crippen LogP contribution in [0.1, 0.15) is 37.3 Å². The molecule has 11 heteroatoms. The van der Waals surface area contributed by atoms with Gasteiger partial charge in [-0.2, -0.15) is 8.78 Å². The SMILES string of the molecule is CCCCCc1ccc(-c2cc(F)c(C(F)(F)Oc3ccc(-c4ccc(-c5ccc(OC(F)(F)F)c(F)c5)cc4)c(F)c3)c(F)c2)cc1. The molecular weight excluding hydrogens is 647 g/mol. The fourth-order valence-corrected chi connectivity index (χ4v) is 5.18. The Morgan fingerprint density at radius 3 is 1.67 bits per heavy atom. The number of halogens is 9. The zero-order valence-corrected chi connectivity index (χ0v) is 25.3. The molecule has 0 atom stereocenters. The first-order chi connectivity index (χ1) is 22.7. The van der Waals surface area contributed by atoms with Gasteiger partial charge in [0.05, 0.1) is 0 Å². The Balaban J connectivity index is 1.30. The first-order valence-corrected chi connectivity index (χ1v) is 14.9. The molecule has 250 valence electrons. The molecule has 0 spiro atoms. The van der Waals surface area contributed by atoms with Crippen LogP contribution in [0.25, 0.3) is 33.4 Å². The molecule has 0 heterocycles. The largest absolute Gasteiger partial charge is 0.573 e. The number of unbranched alkanes of at least 4 members (excludes halogenated alkanes) is 2. The molecule has 0 saturated heterocycles. The normalized spacial score (nSPS) is 11.9. The van der Waals surface area contributed by atoms with Crippen LogP contribution in [-0.2, 0) is 12.5 Å². The van der Waals surface area contributed by atoms with Crippen molar-refractivity contribution in [1.29, 1.82) is 0 Å². The molecule has 2 nitrogen and oxygen atoms in total. The molecule has 0 unspecified atom stereocenters. The Morgan fingerprint density at radius 2 is 1.08 bits per heavy atom. The van der Waals surface area contributed by atoms with E-state index in [4.69, 9.17) is 0 Å². The van der Waals surface area contributed by atoms with E-state index in [0.29, 0.717) is 17.2 Å². The second kappa shape index (κ2) is 14.0. The molecule has 0 aromatic heterocycles. The molecule has 5 aromatic carbocycles. The molecule has 0 amide bonds. The summed E-state index contributed by atoms with van der Waals surface area (Å²) in [6.07, 6.45) is -5.58. The molecule has 0 saturated carbocycles. The van der Waals surface area contributed by atoms with Crippen LogP contribution < -0.4 is 9.47 Å². The summed E-state index contributed by atoms with van der Waals surface area (Å²) in [7, 11) is 0. The van der Waals surface area contributed by atoms with Crippen LogP contribution in [0.5, 0.6) is 11.5 Å². The van der Waals surface area contributed by atoms with Gasteiger partial charge in [-0.05, 0) is 82.6 Å². The molecule has 0 aliphatic carbocycles. The first kappa shape index (κ1) is 34.4. The zero-order valence-electron chi connectivity index (χ0n) is 25.3. The van der Waals surface area contributed by atoms with Crippen molar-refractivity contribution in [3.05, 3.63) is 131 Å². The van der Waals surface area contributed by atoms with E-state index in [9.17, 15) is 26.3 Å². The molecule has 0 fully saturated rings. The molecule has 0 aliphatic heterocycles. The summed E-state index contributed by atoms with van der Waals surface area (Å²) in [5.41, 5.74) is 0.733. The quantitative estimate of drug-likeness (QED) is 0.103. The predicted octanol–water partition coefficient (Wildman–Crippen LogP) is 12.0. The lowest BCUT2D eigenvalue weighted by Crippen LogP contribution is -2.25. The number of ether oxygens (including phenoxy) is 2. The van der Waals surface area contributed by atoms with Gasteiger partial charge in [-0.15, -0.1) is 13.2 Å². The summed E-state index contributed by atoms with van der Waals surface area (Å²) < 4.78 is 135. The van der Waals surface area contributed by atoms with Crippen molar-refractivity contribution >= 4 is 0 Å². The van der Waals surface area contributed by atoms with E-state index in [0.717, 1.165) is 67.6 Å². The van der Waals surface area contributed by atoms with Crippen molar-refractivity contribution in [1.82, 2.24) is 0 Å². The maximum atomic E-state index is 15.1. The lowest BCUT2D eigenvalue weighted by molar-refractivity contribution is -0.275. The predicted molar refractivity (Wildman–Crippen MR) is 163 cm³/mol. The molecule has 0 radical (unpaired) electrons. The van der Waals surface area contributed by atoms with Crippen molar-refractivity contribution in [2.75, 3.05) is 0 Å². The lowest BCUT2D eigenvalue weighted by Gasteiger charge is -2.20. The Kier molecular flexibility index (Phi) is 10.1. The smallest absolute Gasteiger partial charge is 0.429 e. The fourth-order valence-electron chi connectivity index (χ4n) is 5.18. The first-order valence-electron chi connectivity index (χ1n) is 14.9. The lowest BCUT2D eigenvalue weighted by atomic mass is 9.99. The maximum absolute atomic E-state index is 15.1. The number of rotatable bonds is 11. The topological polar surface area (TPSA) is 18.5 Å². The van der Waals surface area contributed by atoms with Gasteiger partial charge in [-0.1, -0.05) is 74.4 Å². The summed E-state index contributed by atoms with van der Waals surface area (Å²) in [5, 5.41) is 0. The van der Waals surface area contributed by atoms with Crippen LogP contribution in [-0.4, -0.2) is 6.36 Å². The minimum Gasteiger partial charge on any atom is -0.429 e. The van der Waals surface area contributed by atoms with Gasteiger partial charge >= 0.3 is 12.5 Å². The summed E-state index contributed by atoms with van der Waals surface area (Å²) in [6, 6.07) is 19.9. The molecule has 5 aromatic rings. The van der Waals surface area contributed by atoms with Crippen LogP contribution >= 0.6 is 0 Å². The average molecular weight is 675 g/mol. The minimum atomic E-state index is -5.07. The van der Waals surface area contributed by atoms with E-state index >= 15 is 13.2 Å². The van der Waals surface area contributed by atoms with Gasteiger partial charge in [-0.3, -0.25) is 0 Å². The van der Waals surface area contributed by atoms with Gasteiger partial charge in [0, 0.05) is 11.6 Å². The van der Waals surface area contributed by atoms with Crippen LogP contribution in [0.4, 0.5) is 39.5 Å². The van der Waals surface area contributed by atoms with Gasteiger partial charge in [0.25, 0.3) is 0 Å². The van der Waals surface area contributed by atoms with Crippen LogP contribution in [0.15, 0.2) is 97.1 Å². The third-order valence-electron chi connectivity index (χ3n) is 7.56. The standard InChI is InChI=1S/C37H27F9O2/c1-2-3-4-5-22-6-8-24(9-7-22)27-19-32(40)35(33(41)20-27)36(42,43)47-28-15-16-29(30(38)21-28)25-12-10-23(11-13-25)26-14-17-34(31(39)18-26)48-37(44,45)46/h6-21H,2-5H2,1H3. The van der Waals surface area contributed by atoms with Crippen molar-refractivity contribution in [3.8, 4) is 44.9 Å². The summed E-state index contributed by atoms with van der Waals surface area (Å²) in [6.45, 7) is 2.09. The van der Waals surface area contributed by atoms with Crippen molar-refractivity contribution < 1.29 is 49.0 Å². The number of benzene rings is 5. The van der Waals surface area contributed by atoms with Gasteiger partial charge in [0.1, 0.15) is 28.8 Å². The highest BCUT2D eigenvalue weighted by atomic mass is 19.4. The molecule has 48 heavy (non-hydrogen) atoms. The van der Waals surface area contributed by atoms with E-state index < -0.39 is 52.8 Å². The zero-order chi connectivity index (χ0) is 34.6. The molecule has 0 N–H and O–H groups in total. The maximum Gasteiger partial charge on any atom is 0.573 e. The van der Waals surface area contributed by atoms with Crippen molar-refractivity contribution in [3.63, 3.8) is 0 Å². The number of aryl methyl sites for hydroxylation is 1. The fraction of sp³-hybridized carbons (Fsp3) is 0.189. The summed E-state index contributed by atoms with van der Waals surface area (Å²) in [4.78, 5) is 0. The molecular formula is C37H27F9O2. The van der Waals surface area contributed by atoms with E-state index in [1.54, 1.807) is 12.1 Å². The van der Waals surface area contributed by atoms with Crippen LogP contribution in [0.3, 0.4) is 0 Å². The average Bonchev–Trinajstić information content (AvgIpc) is 3.01. The third-order valence-corrected chi connectivity index (χ3v) is 7.56. The third kappa shape index (κ3) is 8.13. The van der Waals surface area contributed by atoms with Gasteiger partial charge < -0.3 is 9.47 Å². The number of hydrogen-bond donors (Lipinski definition) is 0. The summed E-state index contributed by atoms with van der Waals surface area (Å²) >= 11 is 0. The van der Waals surface area contributed by atoms with E-state index in [1.165, 1.54) is 30.3 Å². The Hall–Kier alpha value is -4.93. The monoisotopic (exact) mass is 674 g/mol. The highest BCUT2D eigenvalue weighted by molar-refractivity contribution is 5.71. The molecule has 5 rings (SSSR count). The number of hydrogen-bond acceptors (Lipinski definition) is 2. The van der Waals surface area contributed by atoms with E-state index in [-0.39, 0.29) is 22.3 Å². The Morgan fingerprint density at radius 1 is 0.521 bits per heavy atom. The Bertz CT molecular complexity index is 1860. The van der Waals surface area contributed by atoms with Gasteiger partial charge in [0.15, 0.2) is 11.6 Å². The second-order valence-corrected chi connectivity index (χ2v) is 11.0. The van der Waals surface area contributed by atoms with Crippen LogP contribution in [0.2, 0.25) is 0 Å².